The van der Waals surface area contributed by atoms with Gasteiger partial charge >= 0.3 is 5.69 Å². The van der Waals surface area contributed by atoms with Gasteiger partial charge in [0.1, 0.15) is 0 Å². The first-order valence-electron chi connectivity index (χ1n) is 15.7. The topological polar surface area (TPSA) is 189 Å². The molecule has 1 aliphatic heterocycles. The third-order valence-corrected chi connectivity index (χ3v) is 8.84. The zero-order chi connectivity index (χ0) is 32.0. The van der Waals surface area contributed by atoms with E-state index in [0.29, 0.717) is 61.5 Å². The van der Waals surface area contributed by atoms with Crippen LogP contribution in [0, 0.1) is 11.8 Å². The largest absolute Gasteiger partial charge is 0.378 e. The highest BCUT2D eigenvalue weighted by atomic mass is 35.5. The molecule has 13 nitrogen and oxygen atoms in total. The third-order valence-electron chi connectivity index (χ3n) is 8.84. The number of nitrogens with zero attached hydrogens (tertiary/aromatic N) is 5. The van der Waals surface area contributed by atoms with E-state index < -0.39 is 17.6 Å². The smallest absolute Gasteiger partial charge is 0.340 e. The number of anilines is 2. The summed E-state index contributed by atoms with van der Waals surface area (Å²) in [7, 11) is 0. The number of rotatable bonds is 9. The molecule has 4 aromatic rings. The van der Waals surface area contributed by atoms with Crippen LogP contribution in [0.4, 0.5) is 11.6 Å². The van der Waals surface area contributed by atoms with Crippen LogP contribution in [-0.2, 0) is 20.7 Å². The van der Waals surface area contributed by atoms with Gasteiger partial charge in [-0.2, -0.15) is 5.10 Å². The molecule has 1 saturated heterocycles. The molecule has 2 aromatic heterocycles. The Morgan fingerprint density at radius 2 is 1.68 bits per heavy atom. The van der Waals surface area contributed by atoms with Crippen LogP contribution in [0.5, 0.6) is 0 Å². The van der Waals surface area contributed by atoms with Gasteiger partial charge in [0, 0.05) is 42.5 Å². The summed E-state index contributed by atoms with van der Waals surface area (Å²) < 4.78 is 5.42. The lowest BCUT2D eigenvalue weighted by atomic mass is 9.81. The Bertz CT molecular complexity index is 1700. The number of nitrogens with two attached hydrogens (primary N) is 2. The van der Waals surface area contributed by atoms with Gasteiger partial charge in [-0.05, 0) is 80.0 Å². The number of benzene rings is 2. The summed E-state index contributed by atoms with van der Waals surface area (Å²) in [5.74, 6) is 0.379. The van der Waals surface area contributed by atoms with Crippen molar-refractivity contribution in [3.8, 4) is 22.5 Å². The highest BCUT2D eigenvalue weighted by Gasteiger charge is 2.35. The van der Waals surface area contributed by atoms with Gasteiger partial charge < -0.3 is 21.1 Å². The van der Waals surface area contributed by atoms with Gasteiger partial charge in [0.15, 0.2) is 5.82 Å². The van der Waals surface area contributed by atoms with E-state index >= 15 is 0 Å². The van der Waals surface area contributed by atoms with Crippen LogP contribution in [0.1, 0.15) is 31.2 Å². The first kappa shape index (κ1) is 33.9. The molecule has 1 aliphatic carbocycles. The number of hydrogen-bond donors (Lipinski definition) is 4. The summed E-state index contributed by atoms with van der Waals surface area (Å²) in [4.78, 5) is 54.6. The summed E-state index contributed by atoms with van der Waals surface area (Å²) >= 11 is 0. The summed E-state index contributed by atoms with van der Waals surface area (Å²) in [6.45, 7) is 3.41. The van der Waals surface area contributed by atoms with Gasteiger partial charge in [0.2, 0.25) is 11.9 Å². The van der Waals surface area contributed by atoms with Crippen LogP contribution >= 0.6 is 12.4 Å². The molecule has 248 valence electrons. The number of morpholine rings is 1. The standard InChI is InChI=1S/C33H39N9O4.ClH/c34-18-21-4-6-24(7-5-21)30(43)42(27-10-8-23(9-11-27)29-38-33(45)40-39-29)31(44)28(35)17-22-2-1-3-25(16-22)26-19-36-32(37-20-26)41-12-14-46-15-13-41;/h1-3,8-11,16,19-21,24,28H,4-7,12-15,17-18,34-35H2,(H2,38,39,40,45);1H/t21-,24-,28-;/m0./s1. The lowest BCUT2D eigenvalue weighted by Gasteiger charge is -2.32. The van der Waals surface area contributed by atoms with Gasteiger partial charge in [-0.3, -0.25) is 14.6 Å². The number of nitrogens with one attached hydrogen (secondary N) is 2. The number of aromatic amines is 2. The molecule has 3 heterocycles. The second-order valence-electron chi connectivity index (χ2n) is 11.9. The quantitative estimate of drug-likeness (QED) is 0.208. The molecule has 6 rings (SSSR count). The zero-order valence-electron chi connectivity index (χ0n) is 26.0. The highest BCUT2D eigenvalue weighted by molar-refractivity contribution is 6.17. The fraction of sp³-hybridized carbons (Fsp3) is 0.394. The molecule has 6 N–H and O–H groups in total. The molecule has 0 unspecified atom stereocenters. The fourth-order valence-electron chi connectivity index (χ4n) is 6.15. The number of carbonyl (C=O) groups is 2. The summed E-state index contributed by atoms with van der Waals surface area (Å²) in [5.41, 5.74) is 15.7. The predicted molar refractivity (Wildman–Crippen MR) is 181 cm³/mol. The Kier molecular flexibility index (Phi) is 11.1. The van der Waals surface area contributed by atoms with Gasteiger partial charge in [-0.15, -0.1) is 12.4 Å². The lowest BCUT2D eigenvalue weighted by Crippen LogP contribution is -2.50. The molecule has 1 saturated carbocycles. The zero-order valence-corrected chi connectivity index (χ0v) is 26.8. The maximum atomic E-state index is 14.0. The SMILES string of the molecule is Cl.NC[C@H]1CC[C@H](C(=O)N(C(=O)[C@@H](N)Cc2cccc(-c3cnc(N4CCOCC4)nc3)c2)c2ccc(-c3n[nH]c(=O)[nH]3)cc2)CC1. The number of amides is 2. The van der Waals surface area contributed by atoms with Gasteiger partial charge in [-0.25, -0.2) is 24.8 Å². The van der Waals surface area contributed by atoms with Gasteiger partial charge in [0.05, 0.1) is 24.9 Å². The molecule has 1 atom stereocenters. The highest BCUT2D eigenvalue weighted by Crippen LogP contribution is 2.32. The summed E-state index contributed by atoms with van der Waals surface area (Å²) in [6.07, 6.45) is 6.85. The molecule has 2 amide bonds. The van der Waals surface area contributed by atoms with Crippen molar-refractivity contribution < 1.29 is 14.3 Å². The minimum atomic E-state index is -0.970. The molecule has 2 aromatic carbocycles. The molecule has 0 spiro atoms. The van der Waals surface area contributed by atoms with Crippen molar-refractivity contribution in [2.24, 2.45) is 23.3 Å². The number of halogens is 1. The van der Waals surface area contributed by atoms with E-state index in [0.717, 1.165) is 42.6 Å². The predicted octanol–water partition coefficient (Wildman–Crippen LogP) is 2.68. The van der Waals surface area contributed by atoms with E-state index in [4.69, 9.17) is 16.2 Å². The maximum Gasteiger partial charge on any atom is 0.340 e. The second-order valence-corrected chi connectivity index (χ2v) is 11.9. The summed E-state index contributed by atoms with van der Waals surface area (Å²) in [5, 5.41) is 6.31. The Morgan fingerprint density at radius 3 is 2.32 bits per heavy atom. The Balaban J connectivity index is 0.00000433. The molecule has 47 heavy (non-hydrogen) atoms. The molecule has 2 fully saturated rings. The number of aromatic nitrogens is 5. The molecular weight excluding hydrogens is 622 g/mol. The van der Waals surface area contributed by atoms with Crippen LogP contribution in [0.3, 0.4) is 0 Å². The molecule has 2 aliphatic rings. The van der Waals surface area contributed by atoms with Crippen molar-refractivity contribution in [2.45, 2.75) is 38.1 Å². The Hall–Kier alpha value is -4.43. The van der Waals surface area contributed by atoms with E-state index in [1.165, 1.54) is 4.90 Å². The average Bonchev–Trinajstić information content (AvgIpc) is 3.55. The number of imide groups is 1. The van der Waals surface area contributed by atoms with Gasteiger partial charge in [0.25, 0.3) is 5.91 Å². The van der Waals surface area contributed by atoms with Crippen LogP contribution in [-0.4, -0.2) is 75.9 Å². The van der Waals surface area contributed by atoms with Crippen molar-refractivity contribution in [1.82, 2.24) is 25.1 Å². The van der Waals surface area contributed by atoms with E-state index in [9.17, 15) is 14.4 Å². The maximum absolute atomic E-state index is 14.0. The van der Waals surface area contributed by atoms with Crippen LogP contribution in [0.2, 0.25) is 0 Å². The minimum Gasteiger partial charge on any atom is -0.378 e. The number of H-pyrrole nitrogens is 2. The van der Waals surface area contributed by atoms with E-state index in [-0.39, 0.29) is 30.7 Å². The van der Waals surface area contributed by atoms with Crippen LogP contribution in [0.25, 0.3) is 22.5 Å². The Labute approximate surface area is 278 Å². The van der Waals surface area contributed by atoms with Gasteiger partial charge in [-0.1, -0.05) is 24.3 Å². The van der Waals surface area contributed by atoms with Crippen molar-refractivity contribution in [2.75, 3.05) is 42.6 Å². The molecule has 14 heteroatoms. The third kappa shape index (κ3) is 7.93. The Morgan fingerprint density at radius 1 is 0.979 bits per heavy atom. The van der Waals surface area contributed by atoms with Crippen molar-refractivity contribution in [1.29, 1.82) is 0 Å². The first-order valence-corrected chi connectivity index (χ1v) is 15.7. The number of carbonyl (C=O) groups excluding carboxylic acids is 2. The molecule has 0 bridgehead atoms. The van der Waals surface area contributed by atoms with Crippen molar-refractivity contribution >= 4 is 35.9 Å². The van der Waals surface area contributed by atoms with E-state index in [2.05, 4.69) is 30.0 Å². The van der Waals surface area contributed by atoms with E-state index in [1.807, 2.05) is 24.3 Å². The lowest BCUT2D eigenvalue weighted by molar-refractivity contribution is -0.130. The number of hydrogen-bond acceptors (Lipinski definition) is 10. The van der Waals surface area contributed by atoms with Crippen LogP contribution < -0.4 is 27.0 Å². The van der Waals surface area contributed by atoms with E-state index in [1.54, 1.807) is 36.7 Å². The normalized spacial score (nSPS) is 18.6. The molecular formula is C33H40ClN9O4. The fourth-order valence-corrected chi connectivity index (χ4v) is 6.15. The molecule has 0 radical (unpaired) electrons. The summed E-state index contributed by atoms with van der Waals surface area (Å²) in [6, 6.07) is 13.6. The second kappa shape index (κ2) is 15.4. The first-order chi connectivity index (χ1) is 22.4. The minimum absolute atomic E-state index is 0. The van der Waals surface area contributed by atoms with Crippen LogP contribution in [0.15, 0.2) is 65.7 Å². The van der Waals surface area contributed by atoms with Crippen molar-refractivity contribution in [3.63, 3.8) is 0 Å². The van der Waals surface area contributed by atoms with Crippen molar-refractivity contribution in [3.05, 3.63) is 77.0 Å². The monoisotopic (exact) mass is 661 g/mol. The average molecular weight is 662 g/mol. The number of ether oxygens (including phenoxy) is 1.